The number of sulfonamides is 1. The minimum Gasteiger partial charge on any atom is -0.406 e. The van der Waals surface area contributed by atoms with E-state index in [9.17, 15) is 26.4 Å². The fourth-order valence-electron chi connectivity index (χ4n) is 2.92. The first-order chi connectivity index (χ1) is 15.1. The van der Waals surface area contributed by atoms with Crippen molar-refractivity contribution in [3.63, 3.8) is 0 Å². The van der Waals surface area contributed by atoms with Gasteiger partial charge in [0.05, 0.1) is 11.0 Å². The van der Waals surface area contributed by atoms with Gasteiger partial charge in [0, 0.05) is 4.70 Å². The van der Waals surface area contributed by atoms with Gasteiger partial charge >= 0.3 is 6.36 Å². The number of carbonyl (C=O) groups is 1. The second kappa shape index (κ2) is 9.56. The van der Waals surface area contributed by atoms with Crippen LogP contribution in [0, 0.1) is 11.3 Å². The van der Waals surface area contributed by atoms with Crippen LogP contribution in [-0.2, 0) is 21.2 Å². The molecule has 0 aliphatic carbocycles. The summed E-state index contributed by atoms with van der Waals surface area (Å²) in [6, 6.07) is 11.5. The van der Waals surface area contributed by atoms with Gasteiger partial charge in [0.1, 0.15) is 18.3 Å². The van der Waals surface area contributed by atoms with Crippen LogP contribution in [0.3, 0.4) is 0 Å². The average molecular weight is 483 g/mol. The van der Waals surface area contributed by atoms with Crippen LogP contribution >= 0.6 is 11.3 Å². The molecule has 0 saturated carbocycles. The van der Waals surface area contributed by atoms with E-state index in [4.69, 9.17) is 5.26 Å². The van der Waals surface area contributed by atoms with Gasteiger partial charge in [-0.3, -0.25) is 4.79 Å². The number of fused-ring (bicyclic) bond motifs is 1. The molecule has 7 nitrogen and oxygen atoms in total. The van der Waals surface area contributed by atoms with E-state index in [1.165, 1.54) is 11.3 Å². The molecule has 1 heterocycles. The number of alkyl halides is 3. The highest BCUT2D eigenvalue weighted by atomic mass is 32.2. The van der Waals surface area contributed by atoms with Crippen LogP contribution in [0.5, 0.6) is 5.75 Å². The summed E-state index contributed by atoms with van der Waals surface area (Å²) in [7, 11) is -4.27. The number of amides is 1. The van der Waals surface area contributed by atoms with Crippen molar-refractivity contribution >= 4 is 37.4 Å². The molecule has 0 radical (unpaired) electrons. The van der Waals surface area contributed by atoms with Crippen LogP contribution in [0.25, 0.3) is 10.1 Å². The van der Waals surface area contributed by atoms with E-state index in [0.29, 0.717) is 0 Å². The predicted octanol–water partition coefficient (Wildman–Crippen LogP) is 3.33. The third-order valence-electron chi connectivity index (χ3n) is 4.31. The number of nitrogens with one attached hydrogen (secondary N) is 2. The summed E-state index contributed by atoms with van der Waals surface area (Å²) in [4.78, 5) is 12.2. The summed E-state index contributed by atoms with van der Waals surface area (Å²) in [6.45, 7) is -0.315. The Morgan fingerprint density at radius 2 is 1.84 bits per heavy atom. The molecule has 12 heteroatoms. The van der Waals surface area contributed by atoms with E-state index in [1.54, 1.807) is 6.07 Å². The van der Waals surface area contributed by atoms with Crippen molar-refractivity contribution < 1.29 is 31.1 Å². The fraction of sp³-hybridized carbons (Fsp3) is 0.200. The van der Waals surface area contributed by atoms with Gasteiger partial charge in [0.2, 0.25) is 15.9 Å². The molecule has 1 unspecified atom stereocenters. The SMILES string of the molecule is N#CCNC(=O)C(Cc1csc2ccccc12)NS(=O)(=O)c1ccc(OC(F)(F)F)cc1. The van der Waals surface area contributed by atoms with E-state index in [1.807, 2.05) is 29.6 Å². The molecule has 32 heavy (non-hydrogen) atoms. The Morgan fingerprint density at radius 1 is 1.16 bits per heavy atom. The molecule has 0 spiro atoms. The van der Waals surface area contributed by atoms with Gasteiger partial charge in [0.25, 0.3) is 0 Å². The van der Waals surface area contributed by atoms with E-state index >= 15 is 0 Å². The quantitative estimate of drug-likeness (QED) is 0.478. The molecule has 0 aliphatic heterocycles. The zero-order valence-corrected chi connectivity index (χ0v) is 17.9. The van der Waals surface area contributed by atoms with Crippen molar-refractivity contribution in [2.75, 3.05) is 6.54 Å². The number of nitrogens with zero attached hydrogens (tertiary/aromatic N) is 1. The third-order valence-corrected chi connectivity index (χ3v) is 6.81. The second-order valence-electron chi connectivity index (χ2n) is 6.53. The molecule has 1 atom stereocenters. The first-order valence-corrected chi connectivity index (χ1v) is 11.4. The second-order valence-corrected chi connectivity index (χ2v) is 9.16. The summed E-state index contributed by atoms with van der Waals surface area (Å²) in [5.41, 5.74) is 0.735. The van der Waals surface area contributed by atoms with Crippen LogP contribution < -0.4 is 14.8 Å². The largest absolute Gasteiger partial charge is 0.573 e. The van der Waals surface area contributed by atoms with Gasteiger partial charge in [0.15, 0.2) is 0 Å². The maximum absolute atomic E-state index is 12.8. The van der Waals surface area contributed by atoms with E-state index in [2.05, 4.69) is 14.8 Å². The number of ether oxygens (including phenoxy) is 1. The molecule has 2 N–H and O–H groups in total. The summed E-state index contributed by atoms with van der Waals surface area (Å²) >= 11 is 1.44. The van der Waals surface area contributed by atoms with Crippen LogP contribution in [-0.4, -0.2) is 33.3 Å². The lowest BCUT2D eigenvalue weighted by molar-refractivity contribution is -0.274. The number of thiophene rings is 1. The third kappa shape index (κ3) is 5.97. The van der Waals surface area contributed by atoms with Crippen molar-refractivity contribution in [3.05, 3.63) is 59.5 Å². The molecule has 1 amide bonds. The molecule has 0 aliphatic rings. The van der Waals surface area contributed by atoms with Gasteiger partial charge in [-0.25, -0.2) is 8.42 Å². The normalized spacial score (nSPS) is 12.8. The van der Waals surface area contributed by atoms with Crippen LogP contribution in [0.1, 0.15) is 5.56 Å². The zero-order valence-electron chi connectivity index (χ0n) is 16.2. The van der Waals surface area contributed by atoms with Crippen molar-refractivity contribution in [1.82, 2.24) is 10.0 Å². The Morgan fingerprint density at radius 3 is 2.50 bits per heavy atom. The molecular weight excluding hydrogens is 467 g/mol. The lowest BCUT2D eigenvalue weighted by Crippen LogP contribution is -2.48. The van der Waals surface area contributed by atoms with E-state index in [0.717, 1.165) is 39.9 Å². The maximum Gasteiger partial charge on any atom is 0.573 e. The number of hydrogen-bond acceptors (Lipinski definition) is 6. The highest BCUT2D eigenvalue weighted by Crippen LogP contribution is 2.27. The van der Waals surface area contributed by atoms with Crippen molar-refractivity contribution in [2.24, 2.45) is 0 Å². The fourth-order valence-corrected chi connectivity index (χ4v) is 5.10. The minimum atomic E-state index is -4.91. The molecule has 0 fully saturated rings. The summed E-state index contributed by atoms with van der Waals surface area (Å²) in [6.07, 6.45) is -4.90. The van der Waals surface area contributed by atoms with Crippen molar-refractivity contribution in [2.45, 2.75) is 23.7 Å². The lowest BCUT2D eigenvalue weighted by Gasteiger charge is -2.18. The van der Waals surface area contributed by atoms with Gasteiger partial charge in [-0.2, -0.15) is 9.98 Å². The first-order valence-electron chi connectivity index (χ1n) is 9.07. The molecule has 168 valence electrons. The standard InChI is InChI=1S/C20H16F3N3O4S2/c21-20(22,23)30-14-5-7-15(8-6-14)32(28,29)26-17(19(27)25-10-9-24)11-13-12-31-18-4-2-1-3-16(13)18/h1-8,12,17,26H,10-11H2,(H,25,27). The molecule has 0 saturated heterocycles. The maximum atomic E-state index is 12.8. The molecule has 1 aromatic heterocycles. The predicted molar refractivity (Wildman–Crippen MR) is 111 cm³/mol. The van der Waals surface area contributed by atoms with Gasteiger partial charge in [-0.15, -0.1) is 24.5 Å². The number of carbonyl (C=O) groups excluding carboxylic acids is 1. The number of benzene rings is 2. The smallest absolute Gasteiger partial charge is 0.406 e. The number of hydrogen-bond donors (Lipinski definition) is 2. The molecule has 0 bridgehead atoms. The zero-order chi connectivity index (χ0) is 23.4. The van der Waals surface area contributed by atoms with E-state index < -0.39 is 34.1 Å². The number of halogens is 3. The van der Waals surface area contributed by atoms with Gasteiger partial charge in [-0.1, -0.05) is 18.2 Å². The van der Waals surface area contributed by atoms with Crippen LogP contribution in [0.4, 0.5) is 13.2 Å². The Hall–Kier alpha value is -3.14. The Balaban J connectivity index is 1.84. The average Bonchev–Trinajstić information content (AvgIpc) is 3.13. The Bertz CT molecular complexity index is 1250. The van der Waals surface area contributed by atoms with E-state index in [-0.39, 0.29) is 17.9 Å². The Kier molecular flexibility index (Phi) is 7.02. The first kappa shape index (κ1) is 23.5. The highest BCUT2D eigenvalue weighted by Gasteiger charge is 2.31. The van der Waals surface area contributed by atoms with Crippen molar-refractivity contribution in [3.8, 4) is 11.8 Å². The Labute approximate surface area is 185 Å². The van der Waals surface area contributed by atoms with Crippen LogP contribution in [0.2, 0.25) is 0 Å². The lowest BCUT2D eigenvalue weighted by atomic mass is 10.1. The summed E-state index contributed by atoms with van der Waals surface area (Å²) in [5, 5.41) is 13.7. The topological polar surface area (TPSA) is 108 Å². The highest BCUT2D eigenvalue weighted by molar-refractivity contribution is 7.89. The molecule has 3 aromatic rings. The van der Waals surface area contributed by atoms with Gasteiger partial charge < -0.3 is 10.1 Å². The van der Waals surface area contributed by atoms with Crippen molar-refractivity contribution in [1.29, 1.82) is 5.26 Å². The number of rotatable bonds is 8. The minimum absolute atomic E-state index is 0.00970. The molecule has 3 rings (SSSR count). The van der Waals surface area contributed by atoms with Crippen LogP contribution in [0.15, 0.2) is 58.8 Å². The summed E-state index contributed by atoms with van der Waals surface area (Å²) < 4.78 is 69.5. The number of nitriles is 1. The molecular formula is C20H16F3N3O4S2. The summed E-state index contributed by atoms with van der Waals surface area (Å²) in [5.74, 6) is -1.29. The monoisotopic (exact) mass is 483 g/mol. The van der Waals surface area contributed by atoms with Gasteiger partial charge in [-0.05, 0) is 53.1 Å². The molecule has 2 aromatic carbocycles.